The van der Waals surface area contributed by atoms with Gasteiger partial charge in [0.25, 0.3) is 0 Å². The molecule has 1 amide bonds. The van der Waals surface area contributed by atoms with E-state index in [1.807, 2.05) is 54.2 Å². The molecular formula is C27H30N8O3. The molecule has 0 aliphatic heterocycles. The van der Waals surface area contributed by atoms with Crippen LogP contribution in [0.5, 0.6) is 0 Å². The number of rotatable bonds is 11. The van der Waals surface area contributed by atoms with Crippen LogP contribution in [0.1, 0.15) is 18.1 Å². The quantitative estimate of drug-likeness (QED) is 0.226. The standard InChI is InChI=1S/C27H30N8O3/c1-2-22-23(33-27(36)38-13-12-37-11-10-28)17-35-25(22)26(29-18-31-35)32-21-8-9-24-20(14-21)15-30-34(24)16-19-6-4-3-5-7-19/h3-9,14-15,17-18H,2,10-13,16,28H2,1H3,(H,33,36)(H,29,31,32). The summed E-state index contributed by atoms with van der Waals surface area (Å²) >= 11 is 0. The zero-order valence-corrected chi connectivity index (χ0v) is 21.1. The molecule has 0 spiro atoms. The number of hydrogen-bond acceptors (Lipinski definition) is 8. The van der Waals surface area contributed by atoms with Gasteiger partial charge in [-0.1, -0.05) is 37.3 Å². The maximum atomic E-state index is 12.3. The number of nitrogens with one attached hydrogen (secondary N) is 2. The average Bonchev–Trinajstić information content (AvgIpc) is 3.49. The fourth-order valence-electron chi connectivity index (χ4n) is 4.34. The van der Waals surface area contributed by atoms with E-state index in [0.717, 1.165) is 27.7 Å². The highest BCUT2D eigenvalue weighted by Gasteiger charge is 2.17. The van der Waals surface area contributed by atoms with E-state index in [4.69, 9.17) is 15.2 Å². The van der Waals surface area contributed by atoms with Gasteiger partial charge in [-0.25, -0.2) is 14.3 Å². The van der Waals surface area contributed by atoms with Crippen LogP contribution in [-0.2, 0) is 22.4 Å². The highest BCUT2D eigenvalue weighted by molar-refractivity contribution is 5.91. The molecule has 4 N–H and O–H groups in total. The normalized spacial score (nSPS) is 11.2. The summed E-state index contributed by atoms with van der Waals surface area (Å²) in [6, 6.07) is 16.3. The number of amides is 1. The van der Waals surface area contributed by atoms with Crippen molar-refractivity contribution in [3.63, 3.8) is 0 Å². The number of carbonyl (C=O) groups excluding carboxylic acids is 1. The van der Waals surface area contributed by atoms with Crippen molar-refractivity contribution >= 4 is 39.7 Å². The lowest BCUT2D eigenvalue weighted by Crippen LogP contribution is -2.18. The van der Waals surface area contributed by atoms with Gasteiger partial charge in [0.2, 0.25) is 0 Å². The third-order valence-electron chi connectivity index (χ3n) is 6.07. The largest absolute Gasteiger partial charge is 0.447 e. The van der Waals surface area contributed by atoms with E-state index in [-0.39, 0.29) is 13.2 Å². The molecule has 0 fully saturated rings. The van der Waals surface area contributed by atoms with Crippen molar-refractivity contribution in [1.82, 2.24) is 24.4 Å². The van der Waals surface area contributed by atoms with E-state index in [0.29, 0.717) is 37.6 Å². The molecule has 0 unspecified atom stereocenters. The Bertz CT molecular complexity index is 1530. The van der Waals surface area contributed by atoms with Crippen LogP contribution >= 0.6 is 0 Å². The van der Waals surface area contributed by atoms with Crippen LogP contribution in [-0.4, -0.2) is 56.8 Å². The van der Waals surface area contributed by atoms with Crippen molar-refractivity contribution < 1.29 is 14.3 Å². The first kappa shape index (κ1) is 25.2. The molecule has 0 saturated heterocycles. The van der Waals surface area contributed by atoms with Crippen LogP contribution in [0.25, 0.3) is 16.4 Å². The van der Waals surface area contributed by atoms with Gasteiger partial charge in [-0.15, -0.1) is 0 Å². The lowest BCUT2D eigenvalue weighted by Gasteiger charge is -2.10. The van der Waals surface area contributed by atoms with Crippen molar-refractivity contribution in [1.29, 1.82) is 0 Å². The predicted octanol–water partition coefficient (Wildman–Crippen LogP) is 3.96. The first-order chi connectivity index (χ1) is 18.7. The molecule has 0 bridgehead atoms. The van der Waals surface area contributed by atoms with Gasteiger partial charge in [-0.3, -0.25) is 10.00 Å². The molecule has 38 heavy (non-hydrogen) atoms. The molecule has 3 heterocycles. The Kier molecular flexibility index (Phi) is 7.76. The molecule has 0 radical (unpaired) electrons. The van der Waals surface area contributed by atoms with Crippen molar-refractivity contribution in [3.05, 3.63) is 78.4 Å². The smallest absolute Gasteiger partial charge is 0.411 e. The fraction of sp³-hybridized carbons (Fsp3) is 0.259. The summed E-state index contributed by atoms with van der Waals surface area (Å²) in [7, 11) is 0. The van der Waals surface area contributed by atoms with E-state index >= 15 is 0 Å². The lowest BCUT2D eigenvalue weighted by molar-refractivity contribution is 0.0821. The molecule has 5 rings (SSSR count). The number of fused-ring (bicyclic) bond motifs is 2. The highest BCUT2D eigenvalue weighted by atomic mass is 16.6. The Morgan fingerprint density at radius 1 is 1.08 bits per heavy atom. The molecule has 2 aromatic carbocycles. The third-order valence-corrected chi connectivity index (χ3v) is 6.07. The van der Waals surface area contributed by atoms with Gasteiger partial charge in [-0.05, 0) is 30.2 Å². The summed E-state index contributed by atoms with van der Waals surface area (Å²) in [4.78, 5) is 16.8. The molecule has 3 aromatic heterocycles. The number of hydrogen-bond donors (Lipinski definition) is 3. The van der Waals surface area contributed by atoms with E-state index in [1.54, 1.807) is 10.7 Å². The summed E-state index contributed by atoms with van der Waals surface area (Å²) in [5.74, 6) is 0.629. The van der Waals surface area contributed by atoms with Crippen LogP contribution in [0.4, 0.5) is 22.0 Å². The monoisotopic (exact) mass is 514 g/mol. The van der Waals surface area contributed by atoms with Crippen molar-refractivity contribution in [2.75, 3.05) is 37.0 Å². The van der Waals surface area contributed by atoms with Gasteiger partial charge >= 0.3 is 6.09 Å². The van der Waals surface area contributed by atoms with Crippen molar-refractivity contribution in [3.8, 4) is 0 Å². The number of ether oxygens (including phenoxy) is 2. The first-order valence-corrected chi connectivity index (χ1v) is 12.5. The molecule has 11 heteroatoms. The molecule has 196 valence electrons. The summed E-state index contributed by atoms with van der Waals surface area (Å²) in [6.45, 7) is 3.98. The predicted molar refractivity (Wildman–Crippen MR) is 146 cm³/mol. The molecule has 0 atom stereocenters. The Labute approximate surface area is 219 Å². The molecular weight excluding hydrogens is 484 g/mol. The topological polar surface area (TPSA) is 134 Å². The van der Waals surface area contributed by atoms with Crippen LogP contribution in [0, 0.1) is 0 Å². The van der Waals surface area contributed by atoms with Crippen molar-refractivity contribution in [2.45, 2.75) is 19.9 Å². The minimum absolute atomic E-state index is 0.137. The molecule has 5 aromatic rings. The number of aryl methyl sites for hydroxylation is 1. The second-order valence-corrected chi connectivity index (χ2v) is 8.63. The van der Waals surface area contributed by atoms with Gasteiger partial charge in [0.1, 0.15) is 18.5 Å². The highest BCUT2D eigenvalue weighted by Crippen LogP contribution is 2.30. The van der Waals surface area contributed by atoms with Gasteiger partial charge in [0, 0.05) is 23.2 Å². The Morgan fingerprint density at radius 3 is 2.76 bits per heavy atom. The molecule has 0 aliphatic rings. The number of benzene rings is 2. The van der Waals surface area contributed by atoms with E-state index < -0.39 is 6.09 Å². The molecule has 0 aliphatic carbocycles. The maximum absolute atomic E-state index is 12.3. The number of anilines is 3. The van der Waals surface area contributed by atoms with Crippen molar-refractivity contribution in [2.24, 2.45) is 5.73 Å². The SMILES string of the molecule is CCc1c(NC(=O)OCCOCCN)cn2ncnc(Nc3ccc4c(cnn4Cc4ccccc4)c3)c12. The number of carbonyl (C=O) groups is 1. The summed E-state index contributed by atoms with van der Waals surface area (Å²) in [6.07, 6.45) is 5.18. The minimum atomic E-state index is -0.563. The second kappa shape index (κ2) is 11.7. The fourth-order valence-corrected chi connectivity index (χ4v) is 4.34. The maximum Gasteiger partial charge on any atom is 0.411 e. The zero-order valence-electron chi connectivity index (χ0n) is 21.1. The number of nitrogens with two attached hydrogens (primary N) is 1. The van der Waals surface area contributed by atoms with Crippen LogP contribution in [0.15, 0.2) is 67.3 Å². The van der Waals surface area contributed by atoms with Gasteiger partial charge in [0.15, 0.2) is 5.82 Å². The summed E-state index contributed by atoms with van der Waals surface area (Å²) < 4.78 is 14.1. The number of aromatic nitrogens is 5. The molecule has 11 nitrogen and oxygen atoms in total. The van der Waals surface area contributed by atoms with Crippen LogP contribution in [0.2, 0.25) is 0 Å². The minimum Gasteiger partial charge on any atom is -0.447 e. The average molecular weight is 515 g/mol. The van der Waals surface area contributed by atoms with E-state index in [1.165, 1.54) is 11.9 Å². The van der Waals surface area contributed by atoms with Gasteiger partial charge < -0.3 is 20.5 Å². The van der Waals surface area contributed by atoms with E-state index in [9.17, 15) is 4.79 Å². The second-order valence-electron chi connectivity index (χ2n) is 8.63. The Balaban J connectivity index is 1.34. The van der Waals surface area contributed by atoms with E-state index in [2.05, 4.69) is 37.9 Å². The third kappa shape index (κ3) is 5.58. The first-order valence-electron chi connectivity index (χ1n) is 12.5. The van der Waals surface area contributed by atoms with Crippen LogP contribution in [0.3, 0.4) is 0 Å². The van der Waals surface area contributed by atoms with Gasteiger partial charge in [0.05, 0.1) is 43.4 Å². The zero-order chi connectivity index (χ0) is 26.3. The Morgan fingerprint density at radius 2 is 1.95 bits per heavy atom. The summed E-state index contributed by atoms with van der Waals surface area (Å²) in [5, 5.41) is 16.2. The van der Waals surface area contributed by atoms with Crippen LogP contribution < -0.4 is 16.4 Å². The summed E-state index contributed by atoms with van der Waals surface area (Å²) in [5.41, 5.74) is 10.8. The lowest BCUT2D eigenvalue weighted by atomic mass is 10.2. The Hall–Kier alpha value is -4.48. The van der Waals surface area contributed by atoms with Gasteiger partial charge in [-0.2, -0.15) is 10.2 Å². The molecule has 0 saturated carbocycles. The number of nitrogens with zero attached hydrogens (tertiary/aromatic N) is 5.